The predicted molar refractivity (Wildman–Crippen MR) is 80.0 cm³/mol. The van der Waals surface area contributed by atoms with Gasteiger partial charge in [0.25, 0.3) is 0 Å². The molecular formula is C15H17N5. The van der Waals surface area contributed by atoms with Crippen molar-refractivity contribution in [1.29, 1.82) is 0 Å². The fraction of sp³-hybridized carbons (Fsp3) is 0.200. The van der Waals surface area contributed by atoms with E-state index in [4.69, 9.17) is 5.73 Å². The van der Waals surface area contributed by atoms with Crippen LogP contribution in [-0.4, -0.2) is 19.3 Å². The average Bonchev–Trinajstić information content (AvgIpc) is 2.95. The molecule has 2 heterocycles. The van der Waals surface area contributed by atoms with Crippen LogP contribution in [0.4, 0.5) is 5.82 Å². The molecule has 0 aliphatic heterocycles. The van der Waals surface area contributed by atoms with Crippen molar-refractivity contribution in [2.45, 2.75) is 6.92 Å². The van der Waals surface area contributed by atoms with E-state index in [1.54, 1.807) is 11.0 Å². The Bertz CT molecular complexity index is 766. The number of nitrogen functional groups attached to an aromatic ring is 1. The molecule has 0 fully saturated rings. The number of anilines is 1. The summed E-state index contributed by atoms with van der Waals surface area (Å²) < 4.78 is 3.60. The fourth-order valence-electron chi connectivity index (χ4n) is 2.34. The number of nitrogens with zero attached hydrogens (tertiary/aromatic N) is 4. The lowest BCUT2D eigenvalue weighted by atomic mass is 10.0. The van der Waals surface area contributed by atoms with Crippen LogP contribution in [0.25, 0.3) is 22.5 Å². The third-order valence-electron chi connectivity index (χ3n) is 3.35. The normalized spacial score (nSPS) is 10.9. The zero-order valence-corrected chi connectivity index (χ0v) is 11.8. The lowest BCUT2D eigenvalue weighted by molar-refractivity contribution is 0.781. The molecule has 0 spiro atoms. The SMILES string of the molecule is Cc1cccc(-c2c(-c3cn(C)cn3)nn(C)c2N)c1. The zero-order valence-electron chi connectivity index (χ0n) is 11.8. The van der Waals surface area contributed by atoms with E-state index in [2.05, 4.69) is 29.1 Å². The molecule has 3 aromatic rings. The summed E-state index contributed by atoms with van der Waals surface area (Å²) in [6.07, 6.45) is 3.71. The van der Waals surface area contributed by atoms with Crippen molar-refractivity contribution in [3.63, 3.8) is 0 Å². The molecule has 2 N–H and O–H groups in total. The summed E-state index contributed by atoms with van der Waals surface area (Å²) >= 11 is 0. The Morgan fingerprint density at radius 2 is 2.00 bits per heavy atom. The molecule has 0 radical (unpaired) electrons. The number of rotatable bonds is 2. The van der Waals surface area contributed by atoms with Crippen molar-refractivity contribution in [1.82, 2.24) is 19.3 Å². The molecular weight excluding hydrogens is 250 g/mol. The molecule has 1 aromatic carbocycles. The molecule has 20 heavy (non-hydrogen) atoms. The standard InChI is InChI=1S/C15H17N5/c1-10-5-4-6-11(7-10)13-14(18-20(3)15(13)16)12-8-19(2)9-17-12/h4-9H,16H2,1-3H3. The Morgan fingerprint density at radius 1 is 1.20 bits per heavy atom. The van der Waals surface area contributed by atoms with Gasteiger partial charge in [0.1, 0.15) is 17.2 Å². The quantitative estimate of drug-likeness (QED) is 0.775. The first kappa shape index (κ1) is 12.5. The van der Waals surface area contributed by atoms with Gasteiger partial charge in [-0.1, -0.05) is 29.8 Å². The van der Waals surface area contributed by atoms with Crippen molar-refractivity contribution in [2.24, 2.45) is 14.1 Å². The van der Waals surface area contributed by atoms with E-state index in [0.29, 0.717) is 5.82 Å². The highest BCUT2D eigenvalue weighted by Gasteiger charge is 2.18. The number of imidazole rings is 1. The molecule has 0 bridgehead atoms. The molecule has 0 saturated heterocycles. The molecule has 2 aromatic heterocycles. The van der Waals surface area contributed by atoms with Gasteiger partial charge in [-0.15, -0.1) is 0 Å². The first-order valence-electron chi connectivity index (χ1n) is 6.44. The van der Waals surface area contributed by atoms with Crippen LogP contribution in [0.15, 0.2) is 36.8 Å². The van der Waals surface area contributed by atoms with Gasteiger partial charge >= 0.3 is 0 Å². The molecule has 5 nitrogen and oxygen atoms in total. The van der Waals surface area contributed by atoms with Crippen molar-refractivity contribution >= 4 is 5.82 Å². The topological polar surface area (TPSA) is 61.7 Å². The highest BCUT2D eigenvalue weighted by Crippen LogP contribution is 2.35. The van der Waals surface area contributed by atoms with Gasteiger partial charge in [0.15, 0.2) is 0 Å². The van der Waals surface area contributed by atoms with Gasteiger partial charge in [0.2, 0.25) is 0 Å². The maximum absolute atomic E-state index is 6.20. The first-order chi connectivity index (χ1) is 9.56. The monoisotopic (exact) mass is 267 g/mol. The lowest BCUT2D eigenvalue weighted by Crippen LogP contribution is -1.98. The van der Waals surface area contributed by atoms with Crippen molar-refractivity contribution in [3.8, 4) is 22.5 Å². The van der Waals surface area contributed by atoms with Gasteiger partial charge < -0.3 is 10.3 Å². The fourth-order valence-corrected chi connectivity index (χ4v) is 2.34. The third-order valence-corrected chi connectivity index (χ3v) is 3.35. The van der Waals surface area contributed by atoms with Crippen LogP contribution in [0, 0.1) is 6.92 Å². The van der Waals surface area contributed by atoms with Crippen LogP contribution in [-0.2, 0) is 14.1 Å². The Kier molecular flexibility index (Phi) is 2.82. The predicted octanol–water partition coefficient (Wildman–Crippen LogP) is 2.38. The number of aromatic nitrogens is 4. The lowest BCUT2D eigenvalue weighted by Gasteiger charge is -2.04. The summed E-state index contributed by atoms with van der Waals surface area (Å²) in [6.45, 7) is 2.07. The second-order valence-corrected chi connectivity index (χ2v) is 5.03. The van der Waals surface area contributed by atoms with E-state index in [-0.39, 0.29) is 0 Å². The maximum atomic E-state index is 6.20. The van der Waals surface area contributed by atoms with Gasteiger partial charge in [0, 0.05) is 20.3 Å². The molecule has 0 aliphatic rings. The van der Waals surface area contributed by atoms with E-state index < -0.39 is 0 Å². The smallest absolute Gasteiger partial charge is 0.129 e. The number of nitrogens with two attached hydrogens (primary N) is 1. The van der Waals surface area contributed by atoms with Crippen molar-refractivity contribution in [3.05, 3.63) is 42.4 Å². The number of aryl methyl sites for hydroxylation is 3. The minimum absolute atomic E-state index is 0.649. The third kappa shape index (κ3) is 1.97. The Labute approximate surface area is 117 Å². The minimum Gasteiger partial charge on any atom is -0.383 e. The van der Waals surface area contributed by atoms with Gasteiger partial charge in [0.05, 0.1) is 11.9 Å². The number of benzene rings is 1. The van der Waals surface area contributed by atoms with Gasteiger partial charge in [-0.3, -0.25) is 4.68 Å². The summed E-state index contributed by atoms with van der Waals surface area (Å²) in [7, 11) is 3.79. The van der Waals surface area contributed by atoms with Crippen LogP contribution in [0.5, 0.6) is 0 Å². The van der Waals surface area contributed by atoms with Gasteiger partial charge in [-0.05, 0) is 12.5 Å². The number of hydrogen-bond acceptors (Lipinski definition) is 3. The average molecular weight is 267 g/mol. The Hall–Kier alpha value is -2.56. The first-order valence-corrected chi connectivity index (χ1v) is 6.44. The summed E-state index contributed by atoms with van der Waals surface area (Å²) in [5.74, 6) is 0.649. The largest absolute Gasteiger partial charge is 0.383 e. The van der Waals surface area contributed by atoms with Crippen molar-refractivity contribution < 1.29 is 0 Å². The molecule has 0 amide bonds. The summed E-state index contributed by atoms with van der Waals surface area (Å²) in [5, 5.41) is 4.52. The molecule has 3 rings (SSSR count). The molecule has 0 aliphatic carbocycles. The van der Waals surface area contributed by atoms with E-state index in [1.165, 1.54) is 5.56 Å². The summed E-state index contributed by atoms with van der Waals surface area (Å²) in [5.41, 5.74) is 11.0. The van der Waals surface area contributed by atoms with Crippen LogP contribution in [0.2, 0.25) is 0 Å². The van der Waals surface area contributed by atoms with Crippen LogP contribution in [0.1, 0.15) is 5.56 Å². The second-order valence-electron chi connectivity index (χ2n) is 5.03. The van der Waals surface area contributed by atoms with E-state index in [1.807, 2.05) is 37.0 Å². The van der Waals surface area contributed by atoms with Gasteiger partial charge in [-0.25, -0.2) is 4.98 Å². The molecule has 0 saturated carbocycles. The number of hydrogen-bond donors (Lipinski definition) is 1. The van der Waals surface area contributed by atoms with E-state index >= 15 is 0 Å². The maximum Gasteiger partial charge on any atom is 0.129 e. The molecule has 0 unspecified atom stereocenters. The second kappa shape index (κ2) is 4.52. The molecule has 102 valence electrons. The zero-order chi connectivity index (χ0) is 14.3. The van der Waals surface area contributed by atoms with Crippen LogP contribution in [0.3, 0.4) is 0 Å². The van der Waals surface area contributed by atoms with E-state index in [9.17, 15) is 0 Å². The highest BCUT2D eigenvalue weighted by molar-refractivity contribution is 5.87. The summed E-state index contributed by atoms with van der Waals surface area (Å²) in [6, 6.07) is 8.25. The Balaban J connectivity index is 2.24. The van der Waals surface area contributed by atoms with Gasteiger partial charge in [-0.2, -0.15) is 5.10 Å². The van der Waals surface area contributed by atoms with Crippen LogP contribution >= 0.6 is 0 Å². The molecule has 5 heteroatoms. The van der Waals surface area contributed by atoms with Crippen molar-refractivity contribution in [2.75, 3.05) is 5.73 Å². The molecule has 0 atom stereocenters. The highest BCUT2D eigenvalue weighted by atomic mass is 15.3. The summed E-state index contributed by atoms with van der Waals surface area (Å²) in [4.78, 5) is 4.38. The van der Waals surface area contributed by atoms with Crippen LogP contribution < -0.4 is 5.73 Å². The van der Waals surface area contributed by atoms with E-state index in [0.717, 1.165) is 22.5 Å². The minimum atomic E-state index is 0.649. The Morgan fingerprint density at radius 3 is 2.65 bits per heavy atom.